The van der Waals surface area contributed by atoms with Crippen molar-refractivity contribution in [2.45, 2.75) is 24.9 Å². The van der Waals surface area contributed by atoms with Crippen molar-refractivity contribution in [3.8, 4) is 23.0 Å². The van der Waals surface area contributed by atoms with Gasteiger partial charge in [-0.2, -0.15) is 0 Å². The summed E-state index contributed by atoms with van der Waals surface area (Å²) in [7, 11) is 1.60. The van der Waals surface area contributed by atoms with Crippen LogP contribution in [-0.4, -0.2) is 64.1 Å². The van der Waals surface area contributed by atoms with Gasteiger partial charge in [-0.05, 0) is 44.0 Å². The number of carbonyl (C=O) groups is 2. The molecule has 2 aromatic heterocycles. The normalized spacial score (nSPS) is 14.3. The predicted molar refractivity (Wildman–Crippen MR) is 122 cm³/mol. The number of nitrogens with zero attached hydrogens (tertiary/aromatic N) is 4. The van der Waals surface area contributed by atoms with E-state index in [1.54, 1.807) is 31.3 Å². The van der Waals surface area contributed by atoms with Gasteiger partial charge in [0.2, 0.25) is 11.7 Å². The number of furan rings is 1. The van der Waals surface area contributed by atoms with Gasteiger partial charge in [0.15, 0.2) is 10.9 Å². The summed E-state index contributed by atoms with van der Waals surface area (Å²) in [5, 5.41) is 9.20. The zero-order chi connectivity index (χ0) is 23.2. The van der Waals surface area contributed by atoms with E-state index in [0.717, 1.165) is 5.69 Å². The number of hydrogen-bond acceptors (Lipinski definition) is 8. The fourth-order valence-corrected chi connectivity index (χ4v) is 4.65. The van der Waals surface area contributed by atoms with Gasteiger partial charge in [-0.3, -0.25) is 14.2 Å². The topological polar surface area (TPSA) is 99.7 Å². The van der Waals surface area contributed by atoms with Gasteiger partial charge in [0.05, 0.1) is 37.3 Å². The van der Waals surface area contributed by atoms with Gasteiger partial charge in [0, 0.05) is 13.1 Å². The molecule has 1 amide bonds. The molecule has 10 heteroatoms. The summed E-state index contributed by atoms with van der Waals surface area (Å²) in [5.74, 6) is 1.63. The van der Waals surface area contributed by atoms with Gasteiger partial charge >= 0.3 is 5.97 Å². The largest absolute Gasteiger partial charge is 0.495 e. The molecule has 1 fully saturated rings. The molecule has 33 heavy (non-hydrogen) atoms. The van der Waals surface area contributed by atoms with Crippen LogP contribution in [0.25, 0.3) is 17.3 Å². The van der Waals surface area contributed by atoms with E-state index in [1.165, 1.54) is 11.8 Å². The van der Waals surface area contributed by atoms with Crippen LogP contribution < -0.4 is 4.74 Å². The Morgan fingerprint density at radius 3 is 2.64 bits per heavy atom. The molecule has 0 atom stereocenters. The minimum absolute atomic E-state index is 0.00330. The molecule has 0 bridgehead atoms. The molecular weight excluding hydrogens is 444 g/mol. The first-order valence-electron chi connectivity index (χ1n) is 10.8. The molecule has 0 spiro atoms. The lowest BCUT2D eigenvalue weighted by Crippen LogP contribution is -2.41. The molecule has 0 N–H and O–H groups in total. The molecule has 1 aliphatic rings. The van der Waals surface area contributed by atoms with Crippen molar-refractivity contribution < 1.29 is 23.5 Å². The molecule has 9 nitrogen and oxygen atoms in total. The van der Waals surface area contributed by atoms with Crippen molar-refractivity contribution in [2.75, 3.05) is 32.6 Å². The smallest absolute Gasteiger partial charge is 0.309 e. The fourth-order valence-electron chi connectivity index (χ4n) is 3.80. The molecule has 3 heterocycles. The number of piperidine rings is 1. The van der Waals surface area contributed by atoms with Gasteiger partial charge < -0.3 is 18.8 Å². The number of carbonyl (C=O) groups excluding carboxylic acids is 2. The predicted octanol–water partition coefficient (Wildman–Crippen LogP) is 3.43. The number of hydrogen-bond donors (Lipinski definition) is 0. The Labute approximate surface area is 196 Å². The maximum atomic E-state index is 12.9. The number of likely N-dealkylation sites (tertiary alicyclic amines) is 1. The third-order valence-corrected chi connectivity index (χ3v) is 6.41. The minimum Gasteiger partial charge on any atom is -0.495 e. The molecule has 0 unspecified atom stereocenters. The lowest BCUT2D eigenvalue weighted by Gasteiger charge is -2.30. The van der Waals surface area contributed by atoms with Crippen LogP contribution in [0, 0.1) is 5.92 Å². The zero-order valence-electron chi connectivity index (χ0n) is 18.6. The Kier molecular flexibility index (Phi) is 7.33. The Morgan fingerprint density at radius 2 is 1.94 bits per heavy atom. The maximum absolute atomic E-state index is 12.9. The molecule has 1 aliphatic heterocycles. The van der Waals surface area contributed by atoms with Crippen molar-refractivity contribution in [3.05, 3.63) is 42.7 Å². The van der Waals surface area contributed by atoms with E-state index in [4.69, 9.17) is 13.9 Å². The van der Waals surface area contributed by atoms with Crippen molar-refractivity contribution in [3.63, 3.8) is 0 Å². The van der Waals surface area contributed by atoms with Gasteiger partial charge in [-0.1, -0.05) is 23.9 Å². The van der Waals surface area contributed by atoms with E-state index in [1.807, 2.05) is 34.9 Å². The van der Waals surface area contributed by atoms with Crippen LogP contribution in [0.1, 0.15) is 19.8 Å². The van der Waals surface area contributed by atoms with Gasteiger partial charge in [0.25, 0.3) is 0 Å². The first-order chi connectivity index (χ1) is 16.1. The summed E-state index contributed by atoms with van der Waals surface area (Å²) < 4.78 is 18.0. The summed E-state index contributed by atoms with van der Waals surface area (Å²) in [6.07, 6.45) is 2.82. The first kappa shape index (κ1) is 22.9. The molecule has 0 aliphatic carbocycles. The third-order valence-electron chi connectivity index (χ3n) is 5.49. The van der Waals surface area contributed by atoms with Gasteiger partial charge in [0.1, 0.15) is 5.75 Å². The number of thioether (sulfide) groups is 1. The van der Waals surface area contributed by atoms with Crippen LogP contribution >= 0.6 is 11.8 Å². The van der Waals surface area contributed by atoms with Gasteiger partial charge in [-0.15, -0.1) is 10.2 Å². The monoisotopic (exact) mass is 470 g/mol. The molecule has 1 aromatic carbocycles. The highest BCUT2D eigenvalue weighted by Gasteiger charge is 2.29. The van der Waals surface area contributed by atoms with Crippen LogP contribution in [-0.2, 0) is 14.3 Å². The standard InChI is InChI=1S/C23H26N4O5S/c1-3-31-22(29)16-10-12-26(13-11-16)20(28)15-33-23-25-24-21(19-9-6-14-32-19)27(23)17-7-4-5-8-18(17)30-2/h4-9,14,16H,3,10-13,15H2,1-2H3. The van der Waals surface area contributed by atoms with E-state index in [-0.39, 0.29) is 23.5 Å². The summed E-state index contributed by atoms with van der Waals surface area (Å²) in [5.41, 5.74) is 0.751. The van der Waals surface area contributed by atoms with Crippen molar-refractivity contribution in [1.82, 2.24) is 19.7 Å². The van der Waals surface area contributed by atoms with Crippen molar-refractivity contribution in [1.29, 1.82) is 0 Å². The molecule has 174 valence electrons. The maximum Gasteiger partial charge on any atom is 0.309 e. The average molecular weight is 471 g/mol. The molecule has 0 radical (unpaired) electrons. The van der Waals surface area contributed by atoms with Crippen molar-refractivity contribution in [2.24, 2.45) is 5.92 Å². The Bertz CT molecular complexity index is 1090. The number of para-hydroxylation sites is 2. The van der Waals surface area contributed by atoms with Crippen LogP contribution in [0.15, 0.2) is 52.2 Å². The number of rotatable bonds is 8. The second-order valence-corrected chi connectivity index (χ2v) is 8.43. The number of esters is 1. The van der Waals surface area contributed by atoms with Crippen LogP contribution in [0.2, 0.25) is 0 Å². The van der Waals surface area contributed by atoms with E-state index in [0.29, 0.717) is 55.0 Å². The molecule has 0 saturated carbocycles. The Balaban J connectivity index is 1.49. The third kappa shape index (κ3) is 5.05. The second kappa shape index (κ2) is 10.6. The summed E-state index contributed by atoms with van der Waals surface area (Å²) in [4.78, 5) is 26.6. The van der Waals surface area contributed by atoms with E-state index >= 15 is 0 Å². The quantitative estimate of drug-likeness (QED) is 0.365. The number of amides is 1. The summed E-state index contributed by atoms with van der Waals surface area (Å²) in [6.45, 7) is 3.26. The highest BCUT2D eigenvalue weighted by atomic mass is 32.2. The average Bonchev–Trinajstić information content (AvgIpc) is 3.52. The summed E-state index contributed by atoms with van der Waals surface area (Å²) in [6, 6.07) is 11.1. The Hall–Kier alpha value is -3.27. The first-order valence-corrected chi connectivity index (χ1v) is 11.8. The van der Waals surface area contributed by atoms with Crippen LogP contribution in [0.4, 0.5) is 0 Å². The van der Waals surface area contributed by atoms with E-state index < -0.39 is 0 Å². The minimum atomic E-state index is -0.172. The highest BCUT2D eigenvalue weighted by molar-refractivity contribution is 7.99. The lowest BCUT2D eigenvalue weighted by molar-refractivity contribution is -0.151. The van der Waals surface area contributed by atoms with Crippen LogP contribution in [0.5, 0.6) is 5.75 Å². The van der Waals surface area contributed by atoms with Gasteiger partial charge in [-0.25, -0.2) is 0 Å². The fraction of sp³-hybridized carbons (Fsp3) is 0.391. The number of ether oxygens (including phenoxy) is 2. The number of methoxy groups -OCH3 is 1. The SMILES string of the molecule is CCOC(=O)C1CCN(C(=O)CSc2nnc(-c3ccco3)n2-c2ccccc2OC)CC1. The number of benzene rings is 1. The van der Waals surface area contributed by atoms with Crippen LogP contribution in [0.3, 0.4) is 0 Å². The van der Waals surface area contributed by atoms with E-state index in [9.17, 15) is 9.59 Å². The zero-order valence-corrected chi connectivity index (χ0v) is 19.4. The molecule has 1 saturated heterocycles. The molecule has 4 rings (SSSR count). The second-order valence-electron chi connectivity index (χ2n) is 7.49. The highest BCUT2D eigenvalue weighted by Crippen LogP contribution is 2.33. The molecule has 3 aromatic rings. The number of aromatic nitrogens is 3. The Morgan fingerprint density at radius 1 is 1.15 bits per heavy atom. The van der Waals surface area contributed by atoms with Crippen molar-refractivity contribution >= 4 is 23.6 Å². The molecular formula is C23H26N4O5S. The van der Waals surface area contributed by atoms with E-state index in [2.05, 4.69) is 10.2 Å². The lowest BCUT2D eigenvalue weighted by atomic mass is 9.97. The summed E-state index contributed by atoms with van der Waals surface area (Å²) >= 11 is 1.31.